The summed E-state index contributed by atoms with van der Waals surface area (Å²) in [7, 11) is 2.97. The van der Waals surface area contributed by atoms with E-state index in [0.717, 1.165) is 5.56 Å². The average Bonchev–Trinajstić information content (AvgIpc) is 2.69. The molecule has 8 heteroatoms. The second-order valence-corrected chi connectivity index (χ2v) is 7.78. The van der Waals surface area contributed by atoms with E-state index in [0.29, 0.717) is 13.1 Å². The molecule has 2 saturated heterocycles. The SMILES string of the molecule is CO[C@@]1(C)O[C@@H]2CN(Cc3ccccc3)CC(CF)(CF)[C@H]2O[C@]1(C)OC.Cl. The van der Waals surface area contributed by atoms with Crippen molar-refractivity contribution in [2.75, 3.05) is 40.7 Å². The molecule has 2 heterocycles. The van der Waals surface area contributed by atoms with Gasteiger partial charge >= 0.3 is 0 Å². The molecule has 0 spiro atoms. The molecule has 1 aromatic carbocycles. The Morgan fingerprint density at radius 3 is 2.14 bits per heavy atom. The number of rotatable bonds is 6. The lowest BCUT2D eigenvalue weighted by Gasteiger charge is -2.59. The molecule has 0 N–H and O–H groups in total. The number of hydrogen-bond donors (Lipinski definition) is 0. The van der Waals surface area contributed by atoms with E-state index in [1.807, 2.05) is 35.2 Å². The first-order valence-corrected chi connectivity index (χ1v) is 9.19. The van der Waals surface area contributed by atoms with Crippen LogP contribution in [0.4, 0.5) is 8.78 Å². The van der Waals surface area contributed by atoms with Crippen molar-refractivity contribution in [2.45, 2.75) is 44.2 Å². The third-order valence-corrected chi connectivity index (χ3v) is 6.03. The van der Waals surface area contributed by atoms with Gasteiger partial charge in [-0.15, -0.1) is 12.4 Å². The predicted molar refractivity (Wildman–Crippen MR) is 104 cm³/mol. The van der Waals surface area contributed by atoms with Gasteiger partial charge in [0.05, 0.1) is 5.41 Å². The average molecular weight is 422 g/mol. The Bertz CT molecular complexity index is 636. The highest BCUT2D eigenvalue weighted by molar-refractivity contribution is 5.85. The number of alkyl halides is 2. The smallest absolute Gasteiger partial charge is 0.220 e. The van der Waals surface area contributed by atoms with Crippen LogP contribution in [0, 0.1) is 5.41 Å². The first kappa shape index (κ1) is 23.4. The standard InChI is InChI=1S/C20H29F2NO4.ClH/c1-18(24-3)19(2,25-4)27-17-16(26-18)11-23(14-20(17,12-21)13-22)10-15-8-6-5-7-9-15;/h5-9,16-17H,10-14H2,1-4H3;1H/t16-,17+,18+,19+;/m1./s1. The molecule has 0 bridgehead atoms. The van der Waals surface area contributed by atoms with Crippen molar-refractivity contribution < 1.29 is 27.7 Å². The maximum Gasteiger partial charge on any atom is 0.220 e. The maximum atomic E-state index is 14.2. The van der Waals surface area contributed by atoms with Gasteiger partial charge in [-0.1, -0.05) is 30.3 Å². The quantitative estimate of drug-likeness (QED) is 0.704. The molecule has 2 aliphatic heterocycles. The normalized spacial score (nSPS) is 35.1. The number of piperidine rings is 1. The summed E-state index contributed by atoms with van der Waals surface area (Å²) in [6.07, 6.45) is -1.31. The van der Waals surface area contributed by atoms with Crippen molar-refractivity contribution in [1.29, 1.82) is 0 Å². The number of methoxy groups -OCH3 is 2. The molecular weight excluding hydrogens is 392 g/mol. The van der Waals surface area contributed by atoms with Crippen LogP contribution in [0.5, 0.6) is 0 Å². The minimum Gasteiger partial charge on any atom is -0.349 e. The Balaban J connectivity index is 0.00000280. The number of benzene rings is 1. The summed E-state index contributed by atoms with van der Waals surface area (Å²) in [4.78, 5) is 2.02. The third kappa shape index (κ3) is 3.93. The highest BCUT2D eigenvalue weighted by Gasteiger charge is 2.63. The zero-order valence-corrected chi connectivity index (χ0v) is 17.6. The van der Waals surface area contributed by atoms with Crippen molar-refractivity contribution in [2.24, 2.45) is 5.41 Å². The largest absolute Gasteiger partial charge is 0.349 e. The summed E-state index contributed by atoms with van der Waals surface area (Å²) in [5.74, 6) is -2.48. The first-order chi connectivity index (χ1) is 12.8. The fourth-order valence-corrected chi connectivity index (χ4v) is 4.09. The highest BCUT2D eigenvalue weighted by atomic mass is 35.5. The van der Waals surface area contributed by atoms with Gasteiger partial charge in [-0.3, -0.25) is 13.7 Å². The summed E-state index contributed by atoms with van der Waals surface area (Å²) < 4.78 is 51.8. The summed E-state index contributed by atoms with van der Waals surface area (Å²) in [6.45, 7) is 3.01. The molecule has 0 amide bonds. The number of halogens is 3. The van der Waals surface area contributed by atoms with E-state index in [1.165, 1.54) is 14.2 Å². The fourth-order valence-electron chi connectivity index (χ4n) is 4.09. The lowest BCUT2D eigenvalue weighted by Crippen LogP contribution is -2.73. The van der Waals surface area contributed by atoms with Gasteiger partial charge in [-0.05, 0) is 19.4 Å². The van der Waals surface area contributed by atoms with Crippen molar-refractivity contribution in [1.82, 2.24) is 4.90 Å². The van der Waals surface area contributed by atoms with Crippen LogP contribution in [0.1, 0.15) is 19.4 Å². The predicted octanol–water partition coefficient (Wildman–Crippen LogP) is 3.36. The van der Waals surface area contributed by atoms with Gasteiger partial charge < -0.3 is 18.9 Å². The van der Waals surface area contributed by atoms with E-state index < -0.39 is 42.5 Å². The molecule has 0 saturated carbocycles. The van der Waals surface area contributed by atoms with E-state index >= 15 is 0 Å². The van der Waals surface area contributed by atoms with Crippen LogP contribution >= 0.6 is 12.4 Å². The lowest BCUT2D eigenvalue weighted by molar-refractivity contribution is -0.464. The topological polar surface area (TPSA) is 40.2 Å². The first-order valence-electron chi connectivity index (χ1n) is 9.19. The Morgan fingerprint density at radius 1 is 1.04 bits per heavy atom. The number of nitrogens with zero attached hydrogens (tertiary/aromatic N) is 1. The Morgan fingerprint density at radius 2 is 1.61 bits per heavy atom. The summed E-state index contributed by atoms with van der Waals surface area (Å²) in [5, 5.41) is 0. The molecule has 0 aromatic heterocycles. The molecule has 160 valence electrons. The van der Waals surface area contributed by atoms with Crippen LogP contribution in [0.3, 0.4) is 0 Å². The lowest BCUT2D eigenvalue weighted by atomic mass is 9.76. The van der Waals surface area contributed by atoms with Crippen LogP contribution in [-0.4, -0.2) is 69.3 Å². The molecule has 2 fully saturated rings. The number of hydrogen-bond acceptors (Lipinski definition) is 5. The summed E-state index contributed by atoms with van der Waals surface area (Å²) in [5.41, 5.74) is -0.234. The number of likely N-dealkylation sites (tertiary alicyclic amines) is 1. The van der Waals surface area contributed by atoms with Gasteiger partial charge in [0.15, 0.2) is 0 Å². The minimum absolute atomic E-state index is 0. The van der Waals surface area contributed by atoms with E-state index in [2.05, 4.69) is 0 Å². The van der Waals surface area contributed by atoms with Crippen LogP contribution in [-0.2, 0) is 25.5 Å². The van der Waals surface area contributed by atoms with Crippen LogP contribution in [0.25, 0.3) is 0 Å². The van der Waals surface area contributed by atoms with Crippen molar-refractivity contribution >= 4 is 12.4 Å². The van der Waals surface area contributed by atoms with E-state index in [9.17, 15) is 8.78 Å². The fraction of sp³-hybridized carbons (Fsp3) is 0.700. The van der Waals surface area contributed by atoms with E-state index in [-0.39, 0.29) is 19.0 Å². The van der Waals surface area contributed by atoms with Crippen LogP contribution in [0.15, 0.2) is 30.3 Å². The van der Waals surface area contributed by atoms with Gasteiger partial charge in [-0.2, -0.15) is 0 Å². The molecule has 0 radical (unpaired) electrons. The van der Waals surface area contributed by atoms with Gasteiger partial charge in [0.1, 0.15) is 25.6 Å². The van der Waals surface area contributed by atoms with Crippen molar-refractivity contribution in [3.8, 4) is 0 Å². The molecule has 1 aromatic rings. The monoisotopic (exact) mass is 421 g/mol. The van der Waals surface area contributed by atoms with Crippen LogP contribution in [0.2, 0.25) is 0 Å². The molecule has 3 rings (SSSR count). The Hall–Kier alpha value is -0.830. The zero-order chi connectivity index (χ0) is 19.7. The summed E-state index contributed by atoms with van der Waals surface area (Å²) in [6, 6.07) is 9.84. The van der Waals surface area contributed by atoms with Gasteiger partial charge in [0, 0.05) is 33.9 Å². The van der Waals surface area contributed by atoms with Crippen LogP contribution < -0.4 is 0 Å². The zero-order valence-electron chi connectivity index (χ0n) is 16.8. The van der Waals surface area contributed by atoms with Gasteiger partial charge in [0.2, 0.25) is 11.6 Å². The van der Waals surface area contributed by atoms with Gasteiger partial charge in [-0.25, -0.2) is 0 Å². The van der Waals surface area contributed by atoms with Gasteiger partial charge in [0.25, 0.3) is 0 Å². The number of fused-ring (bicyclic) bond motifs is 1. The van der Waals surface area contributed by atoms with E-state index in [1.54, 1.807) is 13.8 Å². The molecule has 0 unspecified atom stereocenters. The number of ether oxygens (including phenoxy) is 4. The maximum absolute atomic E-state index is 14.2. The van der Waals surface area contributed by atoms with Crippen molar-refractivity contribution in [3.63, 3.8) is 0 Å². The summed E-state index contributed by atoms with van der Waals surface area (Å²) >= 11 is 0. The Labute approximate surface area is 171 Å². The third-order valence-electron chi connectivity index (χ3n) is 6.03. The molecule has 4 atom stereocenters. The Kier molecular flexibility index (Phi) is 7.45. The molecular formula is C20H30ClF2NO4. The van der Waals surface area contributed by atoms with Crippen molar-refractivity contribution in [3.05, 3.63) is 35.9 Å². The molecule has 2 aliphatic rings. The van der Waals surface area contributed by atoms with E-state index in [4.69, 9.17) is 18.9 Å². The highest BCUT2D eigenvalue weighted by Crippen LogP contribution is 2.47. The molecule has 0 aliphatic carbocycles. The molecule has 5 nitrogen and oxygen atoms in total. The second-order valence-electron chi connectivity index (χ2n) is 7.78. The molecule has 28 heavy (non-hydrogen) atoms. The minimum atomic E-state index is -1.31. The second kappa shape index (κ2) is 8.90.